The number of halogens is 3. The number of nitrogens with one attached hydrogen (secondary N) is 1. The molecule has 1 aromatic rings. The highest BCUT2D eigenvalue weighted by Gasteiger charge is 2.39. The van der Waals surface area contributed by atoms with Gasteiger partial charge in [0.2, 0.25) is 0 Å². The van der Waals surface area contributed by atoms with Gasteiger partial charge in [-0.3, -0.25) is 4.90 Å². The molecule has 1 spiro atoms. The SMILES string of the molecule is Cc1c(CN2CCC3(CCNCC3)C2)cccc1C(F)(F)F. The molecular formula is C17H23F3N2. The van der Waals surface area contributed by atoms with Crippen molar-refractivity contribution in [3.63, 3.8) is 0 Å². The van der Waals surface area contributed by atoms with Gasteiger partial charge in [0.05, 0.1) is 5.56 Å². The van der Waals surface area contributed by atoms with E-state index in [0.717, 1.165) is 31.7 Å². The van der Waals surface area contributed by atoms with Gasteiger partial charge in [0.15, 0.2) is 0 Å². The minimum Gasteiger partial charge on any atom is -0.317 e. The van der Waals surface area contributed by atoms with Crippen LogP contribution in [0.25, 0.3) is 0 Å². The van der Waals surface area contributed by atoms with Crippen LogP contribution in [0.3, 0.4) is 0 Å². The predicted molar refractivity (Wildman–Crippen MR) is 80.6 cm³/mol. The first kappa shape index (κ1) is 15.8. The average Bonchev–Trinajstić information content (AvgIpc) is 2.83. The van der Waals surface area contributed by atoms with Crippen LogP contribution in [0.1, 0.15) is 36.0 Å². The third-order valence-corrected chi connectivity index (χ3v) is 5.33. The molecule has 5 heteroatoms. The van der Waals surface area contributed by atoms with Crippen molar-refractivity contribution >= 4 is 0 Å². The average molecular weight is 312 g/mol. The summed E-state index contributed by atoms with van der Waals surface area (Å²) in [6.07, 6.45) is -0.718. The Morgan fingerprint density at radius 3 is 2.59 bits per heavy atom. The summed E-state index contributed by atoms with van der Waals surface area (Å²) in [5.41, 5.74) is 1.07. The summed E-state index contributed by atoms with van der Waals surface area (Å²) in [7, 11) is 0. The van der Waals surface area contributed by atoms with E-state index in [9.17, 15) is 13.2 Å². The zero-order valence-corrected chi connectivity index (χ0v) is 13.0. The van der Waals surface area contributed by atoms with Gasteiger partial charge in [-0.15, -0.1) is 0 Å². The predicted octanol–water partition coefficient (Wildman–Crippen LogP) is 3.59. The van der Waals surface area contributed by atoms with Crippen molar-refractivity contribution in [2.24, 2.45) is 5.41 Å². The van der Waals surface area contributed by atoms with Gasteiger partial charge in [-0.1, -0.05) is 12.1 Å². The molecule has 0 radical (unpaired) electrons. The largest absolute Gasteiger partial charge is 0.416 e. The fraction of sp³-hybridized carbons (Fsp3) is 0.647. The van der Waals surface area contributed by atoms with Gasteiger partial charge in [0, 0.05) is 13.1 Å². The number of benzene rings is 1. The molecule has 2 aliphatic heterocycles. The first-order valence-corrected chi connectivity index (χ1v) is 7.98. The molecule has 0 atom stereocenters. The summed E-state index contributed by atoms with van der Waals surface area (Å²) in [5, 5.41) is 3.39. The van der Waals surface area contributed by atoms with Crippen LogP contribution in [0, 0.1) is 12.3 Å². The van der Waals surface area contributed by atoms with E-state index < -0.39 is 11.7 Å². The van der Waals surface area contributed by atoms with Crippen molar-refractivity contribution in [1.29, 1.82) is 0 Å². The molecule has 0 aromatic heterocycles. The normalized spacial score (nSPS) is 22.4. The number of piperidine rings is 1. The first-order chi connectivity index (χ1) is 10.4. The molecule has 0 aliphatic carbocycles. The quantitative estimate of drug-likeness (QED) is 0.898. The van der Waals surface area contributed by atoms with Gasteiger partial charge in [-0.25, -0.2) is 0 Å². The lowest BCUT2D eigenvalue weighted by Crippen LogP contribution is -2.38. The molecule has 2 saturated heterocycles. The van der Waals surface area contributed by atoms with Crippen LogP contribution in [0.4, 0.5) is 13.2 Å². The maximum absolute atomic E-state index is 13.0. The van der Waals surface area contributed by atoms with Crippen LogP contribution < -0.4 is 5.32 Å². The summed E-state index contributed by atoms with van der Waals surface area (Å²) >= 11 is 0. The summed E-state index contributed by atoms with van der Waals surface area (Å²) < 4.78 is 39.0. The second-order valence-corrected chi connectivity index (χ2v) is 6.80. The van der Waals surface area contributed by atoms with Crippen LogP contribution in [-0.2, 0) is 12.7 Å². The molecule has 2 aliphatic rings. The molecule has 1 aromatic carbocycles. The van der Waals surface area contributed by atoms with Gasteiger partial charge in [-0.2, -0.15) is 13.2 Å². The van der Waals surface area contributed by atoms with E-state index in [1.165, 1.54) is 31.4 Å². The Morgan fingerprint density at radius 1 is 1.18 bits per heavy atom. The topological polar surface area (TPSA) is 15.3 Å². The Hall–Kier alpha value is -1.07. The Balaban J connectivity index is 1.72. The van der Waals surface area contributed by atoms with E-state index >= 15 is 0 Å². The lowest BCUT2D eigenvalue weighted by Gasteiger charge is -2.34. The van der Waals surface area contributed by atoms with Crippen LogP contribution in [0.2, 0.25) is 0 Å². The number of hydrogen-bond acceptors (Lipinski definition) is 2. The van der Waals surface area contributed by atoms with E-state index in [4.69, 9.17) is 0 Å². The molecule has 0 amide bonds. The molecule has 3 rings (SSSR count). The molecule has 2 fully saturated rings. The highest BCUT2D eigenvalue weighted by molar-refractivity contribution is 5.36. The molecule has 1 N–H and O–H groups in total. The van der Waals surface area contributed by atoms with Gasteiger partial charge < -0.3 is 5.32 Å². The fourth-order valence-corrected chi connectivity index (χ4v) is 3.93. The van der Waals surface area contributed by atoms with Gasteiger partial charge in [0.1, 0.15) is 0 Å². The maximum Gasteiger partial charge on any atom is 0.416 e. The van der Waals surface area contributed by atoms with Crippen molar-refractivity contribution in [3.05, 3.63) is 34.9 Å². The molecule has 122 valence electrons. The van der Waals surface area contributed by atoms with Crippen molar-refractivity contribution in [3.8, 4) is 0 Å². The number of nitrogens with zero attached hydrogens (tertiary/aromatic N) is 1. The Labute approximate surface area is 129 Å². The summed E-state index contributed by atoms with van der Waals surface area (Å²) in [4.78, 5) is 2.33. The van der Waals surface area contributed by atoms with E-state index in [-0.39, 0.29) is 0 Å². The lowest BCUT2D eigenvalue weighted by molar-refractivity contribution is -0.138. The van der Waals surface area contributed by atoms with Crippen LogP contribution >= 0.6 is 0 Å². The number of rotatable bonds is 2. The Morgan fingerprint density at radius 2 is 1.91 bits per heavy atom. The van der Waals surface area contributed by atoms with Gasteiger partial charge >= 0.3 is 6.18 Å². The zero-order chi connectivity index (χ0) is 15.8. The molecule has 2 heterocycles. The fourth-order valence-electron chi connectivity index (χ4n) is 3.93. The molecule has 0 bridgehead atoms. The minimum atomic E-state index is -4.26. The van der Waals surface area contributed by atoms with Crippen molar-refractivity contribution in [2.45, 2.75) is 38.9 Å². The Kier molecular flexibility index (Phi) is 4.21. The molecule has 2 nitrogen and oxygen atoms in total. The van der Waals surface area contributed by atoms with E-state index in [1.807, 2.05) is 6.07 Å². The number of hydrogen-bond donors (Lipinski definition) is 1. The summed E-state index contributed by atoms with van der Waals surface area (Å²) in [5.74, 6) is 0. The second kappa shape index (κ2) is 5.85. The van der Waals surface area contributed by atoms with Crippen molar-refractivity contribution in [1.82, 2.24) is 10.2 Å². The summed E-state index contributed by atoms with van der Waals surface area (Å²) in [6, 6.07) is 4.54. The molecular weight excluding hydrogens is 289 g/mol. The molecule has 0 saturated carbocycles. The van der Waals surface area contributed by atoms with Crippen molar-refractivity contribution in [2.75, 3.05) is 26.2 Å². The van der Waals surface area contributed by atoms with Crippen LogP contribution in [-0.4, -0.2) is 31.1 Å². The van der Waals surface area contributed by atoms with E-state index in [2.05, 4.69) is 10.2 Å². The zero-order valence-electron chi connectivity index (χ0n) is 13.0. The monoisotopic (exact) mass is 312 g/mol. The van der Waals surface area contributed by atoms with E-state index in [0.29, 0.717) is 17.5 Å². The van der Waals surface area contributed by atoms with E-state index in [1.54, 1.807) is 6.92 Å². The second-order valence-electron chi connectivity index (χ2n) is 6.80. The highest BCUT2D eigenvalue weighted by atomic mass is 19.4. The van der Waals surface area contributed by atoms with Crippen molar-refractivity contribution < 1.29 is 13.2 Å². The minimum absolute atomic E-state index is 0.376. The standard InChI is InChI=1S/C17H23F3N2/c1-13-14(3-2-4-15(13)17(18,19)20)11-22-10-7-16(12-22)5-8-21-9-6-16/h2-4,21H,5-12H2,1H3. The Bertz CT molecular complexity index is 533. The maximum atomic E-state index is 13.0. The molecule has 22 heavy (non-hydrogen) atoms. The highest BCUT2D eigenvalue weighted by Crippen LogP contribution is 2.39. The summed E-state index contributed by atoms with van der Waals surface area (Å²) in [6.45, 7) is 6.37. The first-order valence-electron chi connectivity index (χ1n) is 7.98. The lowest BCUT2D eigenvalue weighted by atomic mass is 9.78. The third-order valence-electron chi connectivity index (χ3n) is 5.33. The van der Waals surface area contributed by atoms with Gasteiger partial charge in [0.25, 0.3) is 0 Å². The number of alkyl halides is 3. The van der Waals surface area contributed by atoms with Crippen LogP contribution in [0.15, 0.2) is 18.2 Å². The van der Waals surface area contributed by atoms with Crippen LogP contribution in [0.5, 0.6) is 0 Å². The third kappa shape index (κ3) is 3.15. The number of likely N-dealkylation sites (tertiary alicyclic amines) is 1. The van der Waals surface area contributed by atoms with Gasteiger partial charge in [-0.05, 0) is 68.4 Å². The smallest absolute Gasteiger partial charge is 0.317 e. The molecule has 0 unspecified atom stereocenters.